The SMILES string of the molecule is CCCCCCCCCCCCCCCCCCCCC(=O)O[C@@H](COC(=O)CCCCCCCCCCCCCCCCC)COC(=O)CCCCCCCCCCCC(C)C. The standard InChI is InChI=1S/C57H110O6/c1-5-7-9-11-13-15-17-19-21-22-23-25-27-29-33-38-42-46-50-57(60)63-54(52-62-56(59)49-45-41-37-34-30-31-35-39-43-47-53(3)4)51-61-55(58)48-44-40-36-32-28-26-24-20-18-16-14-12-10-8-6-2/h53-54H,5-52H2,1-4H3/t54-/m0/s1. The zero-order chi connectivity index (χ0) is 45.9. The average molecular weight is 892 g/mol. The van der Waals surface area contributed by atoms with E-state index in [0.29, 0.717) is 19.3 Å². The van der Waals surface area contributed by atoms with Crippen molar-refractivity contribution in [1.29, 1.82) is 0 Å². The summed E-state index contributed by atoms with van der Waals surface area (Å²) in [4.78, 5) is 38.1. The van der Waals surface area contributed by atoms with Crippen molar-refractivity contribution in [2.24, 2.45) is 5.92 Å². The van der Waals surface area contributed by atoms with Crippen LogP contribution in [0.15, 0.2) is 0 Å². The molecule has 6 nitrogen and oxygen atoms in total. The molecule has 374 valence electrons. The Hall–Kier alpha value is -1.59. The lowest BCUT2D eigenvalue weighted by Crippen LogP contribution is -2.30. The summed E-state index contributed by atoms with van der Waals surface area (Å²) in [5.74, 6) is -0.0300. The minimum atomic E-state index is -0.762. The fourth-order valence-corrected chi connectivity index (χ4v) is 8.75. The molecular formula is C57H110O6. The molecule has 6 heteroatoms. The van der Waals surface area contributed by atoms with Crippen LogP contribution in [0.3, 0.4) is 0 Å². The molecule has 63 heavy (non-hydrogen) atoms. The van der Waals surface area contributed by atoms with Gasteiger partial charge in [0.1, 0.15) is 13.2 Å². The van der Waals surface area contributed by atoms with Crippen LogP contribution in [-0.2, 0) is 28.6 Å². The third-order valence-electron chi connectivity index (χ3n) is 13.0. The van der Waals surface area contributed by atoms with E-state index in [1.807, 2.05) is 0 Å². The molecule has 0 aromatic rings. The van der Waals surface area contributed by atoms with Gasteiger partial charge >= 0.3 is 17.9 Å². The first-order valence-corrected chi connectivity index (χ1v) is 28.4. The summed E-state index contributed by atoms with van der Waals surface area (Å²) in [7, 11) is 0. The van der Waals surface area contributed by atoms with E-state index in [-0.39, 0.29) is 31.1 Å². The minimum absolute atomic E-state index is 0.0623. The van der Waals surface area contributed by atoms with Crippen molar-refractivity contribution >= 4 is 17.9 Å². The Morgan fingerprint density at radius 1 is 0.302 bits per heavy atom. The Morgan fingerprint density at radius 3 is 0.778 bits per heavy atom. The van der Waals surface area contributed by atoms with Gasteiger partial charge in [-0.15, -0.1) is 0 Å². The molecule has 0 unspecified atom stereocenters. The van der Waals surface area contributed by atoms with E-state index in [9.17, 15) is 14.4 Å². The van der Waals surface area contributed by atoms with Crippen LogP contribution < -0.4 is 0 Å². The molecule has 0 saturated carbocycles. The predicted octanol–water partition coefficient (Wildman–Crippen LogP) is 18.6. The predicted molar refractivity (Wildman–Crippen MR) is 270 cm³/mol. The Kier molecular flexibility index (Phi) is 50.1. The highest BCUT2D eigenvalue weighted by Gasteiger charge is 2.19. The van der Waals surface area contributed by atoms with E-state index in [1.54, 1.807) is 0 Å². The fraction of sp³-hybridized carbons (Fsp3) is 0.947. The van der Waals surface area contributed by atoms with Crippen molar-refractivity contribution in [3.8, 4) is 0 Å². The number of ether oxygens (including phenoxy) is 3. The van der Waals surface area contributed by atoms with Gasteiger partial charge in [0.25, 0.3) is 0 Å². The number of carbonyl (C=O) groups excluding carboxylic acids is 3. The summed E-state index contributed by atoms with van der Waals surface area (Å²) in [6, 6.07) is 0. The van der Waals surface area contributed by atoms with Gasteiger partial charge in [-0.2, -0.15) is 0 Å². The smallest absolute Gasteiger partial charge is 0.306 e. The maximum Gasteiger partial charge on any atom is 0.306 e. The molecule has 0 fully saturated rings. The van der Waals surface area contributed by atoms with Crippen LogP contribution in [0.4, 0.5) is 0 Å². The Balaban J connectivity index is 4.28. The highest BCUT2D eigenvalue weighted by Crippen LogP contribution is 2.18. The molecule has 0 bridgehead atoms. The normalized spacial score (nSPS) is 12.0. The largest absolute Gasteiger partial charge is 0.462 e. The van der Waals surface area contributed by atoms with Gasteiger partial charge in [-0.25, -0.2) is 0 Å². The van der Waals surface area contributed by atoms with Gasteiger partial charge in [0.2, 0.25) is 0 Å². The van der Waals surface area contributed by atoms with Gasteiger partial charge in [0.15, 0.2) is 6.10 Å². The summed E-state index contributed by atoms with van der Waals surface area (Å²) in [6.07, 6.45) is 55.2. The van der Waals surface area contributed by atoms with Crippen molar-refractivity contribution in [2.45, 2.75) is 329 Å². The third-order valence-corrected chi connectivity index (χ3v) is 13.0. The van der Waals surface area contributed by atoms with Gasteiger partial charge in [-0.1, -0.05) is 285 Å². The second-order valence-electron chi connectivity index (χ2n) is 20.1. The molecule has 0 saturated heterocycles. The average Bonchev–Trinajstić information content (AvgIpc) is 3.27. The number of hydrogen-bond acceptors (Lipinski definition) is 6. The summed E-state index contributed by atoms with van der Waals surface area (Å²) in [6.45, 7) is 9.03. The zero-order valence-electron chi connectivity index (χ0n) is 43.0. The van der Waals surface area contributed by atoms with Gasteiger partial charge in [0.05, 0.1) is 0 Å². The molecule has 0 aromatic carbocycles. The topological polar surface area (TPSA) is 78.9 Å². The highest BCUT2D eigenvalue weighted by molar-refractivity contribution is 5.71. The van der Waals surface area contributed by atoms with Gasteiger partial charge < -0.3 is 14.2 Å². The monoisotopic (exact) mass is 891 g/mol. The zero-order valence-corrected chi connectivity index (χ0v) is 43.0. The van der Waals surface area contributed by atoms with Gasteiger partial charge in [-0.3, -0.25) is 14.4 Å². The van der Waals surface area contributed by atoms with E-state index in [2.05, 4.69) is 27.7 Å². The first-order chi connectivity index (χ1) is 30.9. The van der Waals surface area contributed by atoms with E-state index in [1.165, 1.54) is 218 Å². The Bertz CT molecular complexity index is 949. The summed E-state index contributed by atoms with van der Waals surface area (Å²) in [5.41, 5.74) is 0. The minimum Gasteiger partial charge on any atom is -0.462 e. The molecule has 0 aliphatic carbocycles. The van der Waals surface area contributed by atoms with Crippen LogP contribution in [0.2, 0.25) is 0 Å². The van der Waals surface area contributed by atoms with Gasteiger partial charge in [-0.05, 0) is 25.2 Å². The molecule has 0 radical (unpaired) electrons. The van der Waals surface area contributed by atoms with E-state index < -0.39 is 6.10 Å². The van der Waals surface area contributed by atoms with Crippen molar-refractivity contribution in [3.05, 3.63) is 0 Å². The highest BCUT2D eigenvalue weighted by atomic mass is 16.6. The first-order valence-electron chi connectivity index (χ1n) is 28.4. The molecular weight excluding hydrogens is 781 g/mol. The summed E-state index contributed by atoms with van der Waals surface area (Å²) in [5, 5.41) is 0. The Morgan fingerprint density at radius 2 is 0.524 bits per heavy atom. The van der Waals surface area contributed by atoms with Crippen LogP contribution in [0.25, 0.3) is 0 Å². The number of carbonyl (C=O) groups is 3. The number of hydrogen-bond donors (Lipinski definition) is 0. The lowest BCUT2D eigenvalue weighted by Gasteiger charge is -2.18. The quantitative estimate of drug-likeness (QED) is 0.0344. The second-order valence-corrected chi connectivity index (χ2v) is 20.1. The summed E-state index contributed by atoms with van der Waals surface area (Å²) < 4.78 is 16.9. The maximum absolute atomic E-state index is 12.8. The lowest BCUT2D eigenvalue weighted by molar-refractivity contribution is -0.167. The molecule has 1 atom stereocenters. The molecule has 0 aliphatic heterocycles. The van der Waals surface area contributed by atoms with Crippen LogP contribution in [0.1, 0.15) is 323 Å². The summed E-state index contributed by atoms with van der Waals surface area (Å²) >= 11 is 0. The van der Waals surface area contributed by atoms with Gasteiger partial charge in [0, 0.05) is 19.3 Å². The molecule has 0 amide bonds. The number of esters is 3. The second kappa shape index (κ2) is 51.4. The molecule has 0 spiro atoms. The van der Waals surface area contributed by atoms with E-state index in [4.69, 9.17) is 14.2 Å². The molecule has 0 N–H and O–H groups in total. The van der Waals surface area contributed by atoms with Crippen molar-refractivity contribution in [2.75, 3.05) is 13.2 Å². The molecule has 0 heterocycles. The molecule has 0 aliphatic rings. The fourth-order valence-electron chi connectivity index (χ4n) is 8.75. The number of unbranched alkanes of at least 4 members (excludes halogenated alkanes) is 39. The van der Waals surface area contributed by atoms with Crippen LogP contribution in [0.5, 0.6) is 0 Å². The Labute approximate surface area is 393 Å². The van der Waals surface area contributed by atoms with E-state index >= 15 is 0 Å². The maximum atomic E-state index is 12.8. The first kappa shape index (κ1) is 61.4. The third kappa shape index (κ3) is 51.3. The number of rotatable bonds is 52. The van der Waals surface area contributed by atoms with Crippen molar-refractivity contribution < 1.29 is 28.6 Å². The van der Waals surface area contributed by atoms with Crippen LogP contribution in [0, 0.1) is 5.92 Å². The van der Waals surface area contributed by atoms with Crippen LogP contribution in [-0.4, -0.2) is 37.2 Å². The van der Waals surface area contributed by atoms with Crippen molar-refractivity contribution in [1.82, 2.24) is 0 Å². The molecule has 0 rings (SSSR count). The van der Waals surface area contributed by atoms with Crippen molar-refractivity contribution in [3.63, 3.8) is 0 Å². The lowest BCUT2D eigenvalue weighted by atomic mass is 10.0. The van der Waals surface area contributed by atoms with Crippen LogP contribution >= 0.6 is 0 Å². The molecule has 0 aromatic heterocycles. The van der Waals surface area contributed by atoms with E-state index in [0.717, 1.165) is 63.7 Å².